The number of rotatable bonds is 23. The van der Waals surface area contributed by atoms with Gasteiger partial charge in [-0.05, 0) is 98.5 Å². The summed E-state index contributed by atoms with van der Waals surface area (Å²) in [6.45, 7) is 7.22. The lowest BCUT2D eigenvalue weighted by molar-refractivity contribution is 0.0267. The molecule has 0 aromatic heterocycles. The highest BCUT2D eigenvalue weighted by molar-refractivity contribution is 5.92. The van der Waals surface area contributed by atoms with E-state index >= 15 is 0 Å². The fourth-order valence-electron chi connectivity index (χ4n) is 5.18. The van der Waals surface area contributed by atoms with Crippen molar-refractivity contribution in [2.24, 2.45) is 10.2 Å². The number of azo groups is 1. The van der Waals surface area contributed by atoms with Gasteiger partial charge in [0.25, 0.3) is 0 Å². The summed E-state index contributed by atoms with van der Waals surface area (Å²) in [6, 6.07) is 20.8. The Balaban J connectivity index is 1.39. The zero-order chi connectivity index (χ0) is 33.5. The number of unbranched alkanes of at least 4 members (excludes halogenated alkanes) is 11. The minimum absolute atomic E-state index is 0.0853. The standard InChI is InChI=1S/C40H54N2O5/c1-4-7-9-11-13-14-16-18-36(6-3)46-39(43)33-21-27-38(28-22-33)47-40(44)32-19-23-34(24-20-32)41-42-35-25-29-37(30-26-35)45-31-17-15-12-10-8-5-2/h19-30,36H,4-18,31H2,1-3H3/t36-/m0/s1. The largest absolute Gasteiger partial charge is 0.494 e. The highest BCUT2D eigenvalue weighted by atomic mass is 16.5. The quantitative estimate of drug-likeness (QED) is 0.0444. The van der Waals surface area contributed by atoms with E-state index in [0.29, 0.717) is 28.3 Å². The average molecular weight is 643 g/mol. The van der Waals surface area contributed by atoms with Gasteiger partial charge in [-0.1, -0.05) is 91.4 Å². The van der Waals surface area contributed by atoms with Crippen LogP contribution in [0.2, 0.25) is 0 Å². The molecule has 1 atom stereocenters. The summed E-state index contributed by atoms with van der Waals surface area (Å²) in [4.78, 5) is 25.4. The molecule has 3 aromatic rings. The molecular weight excluding hydrogens is 588 g/mol. The molecule has 7 heteroatoms. The van der Waals surface area contributed by atoms with Crippen molar-refractivity contribution in [2.45, 2.75) is 123 Å². The van der Waals surface area contributed by atoms with Crippen LogP contribution in [-0.4, -0.2) is 24.6 Å². The molecule has 0 spiro atoms. The second kappa shape index (κ2) is 22.5. The number of ether oxygens (including phenoxy) is 3. The maximum absolute atomic E-state index is 12.7. The second-order valence-corrected chi connectivity index (χ2v) is 12.1. The van der Waals surface area contributed by atoms with Crippen molar-refractivity contribution in [1.29, 1.82) is 0 Å². The van der Waals surface area contributed by atoms with Crippen molar-refractivity contribution in [2.75, 3.05) is 6.61 Å². The van der Waals surface area contributed by atoms with Gasteiger partial charge in [0.1, 0.15) is 17.6 Å². The molecule has 0 N–H and O–H groups in total. The Morgan fingerprint density at radius 2 is 1.02 bits per heavy atom. The lowest BCUT2D eigenvalue weighted by Crippen LogP contribution is -2.17. The summed E-state index contributed by atoms with van der Waals surface area (Å²) < 4.78 is 17.1. The van der Waals surface area contributed by atoms with E-state index < -0.39 is 5.97 Å². The molecule has 0 aliphatic rings. The Morgan fingerprint density at radius 3 is 1.60 bits per heavy atom. The molecule has 3 aromatic carbocycles. The first-order valence-electron chi connectivity index (χ1n) is 17.8. The minimum Gasteiger partial charge on any atom is -0.494 e. The lowest BCUT2D eigenvalue weighted by atomic mass is 10.1. The predicted octanol–water partition coefficient (Wildman–Crippen LogP) is 12.1. The monoisotopic (exact) mass is 642 g/mol. The van der Waals surface area contributed by atoms with E-state index in [0.717, 1.165) is 38.0 Å². The van der Waals surface area contributed by atoms with Crippen molar-refractivity contribution >= 4 is 23.3 Å². The maximum atomic E-state index is 12.7. The van der Waals surface area contributed by atoms with Crippen molar-refractivity contribution in [3.63, 3.8) is 0 Å². The highest BCUT2D eigenvalue weighted by Gasteiger charge is 2.15. The zero-order valence-electron chi connectivity index (χ0n) is 28.8. The van der Waals surface area contributed by atoms with Crippen LogP contribution < -0.4 is 9.47 Å². The van der Waals surface area contributed by atoms with Crippen LogP contribution in [0, 0.1) is 0 Å². The third kappa shape index (κ3) is 15.0. The predicted molar refractivity (Wildman–Crippen MR) is 189 cm³/mol. The SMILES string of the molecule is CCCCCCCCC[C@H](CC)OC(=O)c1ccc(OC(=O)c2ccc(N=Nc3ccc(OCCCCCCCC)cc3)cc2)cc1. The molecule has 7 nitrogen and oxygen atoms in total. The number of hydrogen-bond donors (Lipinski definition) is 0. The van der Waals surface area contributed by atoms with E-state index in [-0.39, 0.29) is 12.1 Å². The molecule has 0 radical (unpaired) electrons. The number of nitrogens with zero attached hydrogens (tertiary/aromatic N) is 2. The van der Waals surface area contributed by atoms with E-state index in [1.165, 1.54) is 70.6 Å². The van der Waals surface area contributed by atoms with Crippen LogP contribution >= 0.6 is 0 Å². The molecule has 254 valence electrons. The van der Waals surface area contributed by atoms with Gasteiger partial charge < -0.3 is 14.2 Å². The van der Waals surface area contributed by atoms with Crippen LogP contribution in [0.1, 0.15) is 138 Å². The van der Waals surface area contributed by atoms with Crippen LogP contribution in [0.25, 0.3) is 0 Å². The average Bonchev–Trinajstić information content (AvgIpc) is 3.10. The summed E-state index contributed by atoms with van der Waals surface area (Å²) in [6.07, 6.45) is 17.6. The Hall–Kier alpha value is -4.00. The molecule has 0 amide bonds. The van der Waals surface area contributed by atoms with Crippen molar-refractivity contribution in [3.05, 3.63) is 83.9 Å². The lowest BCUT2D eigenvalue weighted by Gasteiger charge is -2.16. The molecule has 0 heterocycles. The minimum atomic E-state index is -0.499. The summed E-state index contributed by atoms with van der Waals surface area (Å²) >= 11 is 0. The van der Waals surface area contributed by atoms with Gasteiger partial charge in [0.15, 0.2) is 0 Å². The van der Waals surface area contributed by atoms with E-state index in [9.17, 15) is 9.59 Å². The van der Waals surface area contributed by atoms with E-state index in [1.54, 1.807) is 48.5 Å². The number of hydrogen-bond acceptors (Lipinski definition) is 7. The number of carbonyl (C=O) groups is 2. The van der Waals surface area contributed by atoms with Crippen LogP contribution in [0.15, 0.2) is 83.0 Å². The van der Waals surface area contributed by atoms with E-state index in [1.807, 2.05) is 31.2 Å². The molecule has 0 fully saturated rings. The van der Waals surface area contributed by atoms with Crippen LogP contribution in [0.5, 0.6) is 11.5 Å². The first-order chi connectivity index (χ1) is 23.0. The smallest absolute Gasteiger partial charge is 0.343 e. The van der Waals surface area contributed by atoms with Gasteiger partial charge in [-0.2, -0.15) is 10.2 Å². The Bertz CT molecular complexity index is 1320. The van der Waals surface area contributed by atoms with Crippen LogP contribution in [-0.2, 0) is 4.74 Å². The molecular formula is C40H54N2O5. The zero-order valence-corrected chi connectivity index (χ0v) is 28.8. The molecule has 0 unspecified atom stereocenters. The molecule has 0 saturated carbocycles. The molecule has 0 saturated heterocycles. The van der Waals surface area contributed by atoms with Crippen LogP contribution in [0.3, 0.4) is 0 Å². The first kappa shape index (κ1) is 37.5. The summed E-state index contributed by atoms with van der Waals surface area (Å²) in [5.74, 6) is 0.329. The van der Waals surface area contributed by atoms with Gasteiger partial charge in [0.05, 0.1) is 29.1 Å². The number of carbonyl (C=O) groups excluding carboxylic acids is 2. The van der Waals surface area contributed by atoms with Gasteiger partial charge in [0, 0.05) is 0 Å². The highest BCUT2D eigenvalue weighted by Crippen LogP contribution is 2.23. The summed E-state index contributed by atoms with van der Waals surface area (Å²) in [7, 11) is 0. The van der Waals surface area contributed by atoms with Crippen LogP contribution in [0.4, 0.5) is 11.4 Å². The number of benzene rings is 3. The maximum Gasteiger partial charge on any atom is 0.343 e. The van der Waals surface area contributed by atoms with Gasteiger partial charge in [-0.15, -0.1) is 0 Å². The third-order valence-corrected chi connectivity index (χ3v) is 8.15. The topological polar surface area (TPSA) is 86.6 Å². The second-order valence-electron chi connectivity index (χ2n) is 12.1. The number of esters is 2. The Morgan fingerprint density at radius 1 is 0.553 bits per heavy atom. The Kier molecular flexibility index (Phi) is 17.9. The first-order valence-corrected chi connectivity index (χ1v) is 17.8. The van der Waals surface area contributed by atoms with Gasteiger partial charge in [0.2, 0.25) is 0 Å². The summed E-state index contributed by atoms with van der Waals surface area (Å²) in [5.41, 5.74) is 2.15. The molecule has 0 bridgehead atoms. The van der Waals surface area contributed by atoms with Gasteiger partial charge in [-0.25, -0.2) is 9.59 Å². The molecule has 47 heavy (non-hydrogen) atoms. The normalized spacial score (nSPS) is 11.8. The van der Waals surface area contributed by atoms with Crippen molar-refractivity contribution < 1.29 is 23.8 Å². The molecule has 0 aliphatic carbocycles. The Labute approximate surface area is 282 Å². The van der Waals surface area contributed by atoms with Crippen molar-refractivity contribution in [3.8, 4) is 11.5 Å². The van der Waals surface area contributed by atoms with Crippen molar-refractivity contribution in [1.82, 2.24) is 0 Å². The summed E-state index contributed by atoms with van der Waals surface area (Å²) in [5, 5.41) is 8.57. The molecule has 3 rings (SSSR count). The third-order valence-electron chi connectivity index (χ3n) is 8.15. The van der Waals surface area contributed by atoms with Gasteiger partial charge >= 0.3 is 11.9 Å². The van der Waals surface area contributed by atoms with Gasteiger partial charge in [-0.3, -0.25) is 0 Å². The van der Waals surface area contributed by atoms with E-state index in [4.69, 9.17) is 14.2 Å². The van der Waals surface area contributed by atoms with E-state index in [2.05, 4.69) is 24.1 Å². The fourth-order valence-corrected chi connectivity index (χ4v) is 5.18. The molecule has 0 aliphatic heterocycles. The fraction of sp³-hybridized carbons (Fsp3) is 0.500.